The topological polar surface area (TPSA) is 44.4 Å². The van der Waals surface area contributed by atoms with Crippen molar-refractivity contribution in [1.29, 1.82) is 0 Å². The van der Waals surface area contributed by atoms with Crippen LogP contribution in [-0.2, 0) is 11.2 Å². The largest absolute Gasteiger partial charge is 0.362 e. The molecule has 4 rings (SSSR count). The number of allylic oxidation sites excluding steroid dienone is 1. The molecule has 1 aliphatic carbocycles. The third-order valence-corrected chi connectivity index (χ3v) is 4.36. The zero-order chi connectivity index (χ0) is 13.1. The van der Waals surface area contributed by atoms with Crippen molar-refractivity contribution < 1.29 is 4.79 Å². The molecule has 2 aliphatic heterocycles. The van der Waals surface area contributed by atoms with E-state index in [0.29, 0.717) is 10.0 Å². The normalized spacial score (nSPS) is 22.9. The Labute approximate surface area is 119 Å². The lowest BCUT2D eigenvalue weighted by Crippen LogP contribution is -2.51. The van der Waals surface area contributed by atoms with Crippen LogP contribution in [0.3, 0.4) is 0 Å². The monoisotopic (exact) mass is 293 g/mol. The molecule has 0 saturated carbocycles. The van der Waals surface area contributed by atoms with Crippen LogP contribution in [0.5, 0.6) is 0 Å². The van der Waals surface area contributed by atoms with E-state index in [9.17, 15) is 4.79 Å². The van der Waals surface area contributed by atoms with E-state index in [-0.39, 0.29) is 12.1 Å². The van der Waals surface area contributed by atoms with E-state index in [2.05, 4.69) is 10.6 Å². The number of benzene rings is 1. The molecule has 19 heavy (non-hydrogen) atoms. The summed E-state index contributed by atoms with van der Waals surface area (Å²) < 4.78 is 0. The number of carbonyl (C=O) groups excluding carboxylic acids is 1. The van der Waals surface area contributed by atoms with Crippen molar-refractivity contribution >= 4 is 34.8 Å². The molecule has 1 amide bonds. The minimum absolute atomic E-state index is 0.0670. The number of amides is 1. The van der Waals surface area contributed by atoms with Crippen LogP contribution in [-0.4, -0.2) is 17.0 Å². The standard InChI is InChI=1S/C13H9Cl2N3O/c14-8-3-6-4-10-11(7(6)5-9(8)15)17-13(19)12-16-1-2-18(10)12/h1-3,5,12,16H,4H2,(H,17,19). The Morgan fingerprint density at radius 2 is 2.05 bits per heavy atom. The van der Waals surface area contributed by atoms with Gasteiger partial charge in [-0.1, -0.05) is 23.2 Å². The maximum atomic E-state index is 12.0. The molecule has 2 N–H and O–H groups in total. The fraction of sp³-hybridized carbons (Fsp3) is 0.154. The van der Waals surface area contributed by atoms with Gasteiger partial charge >= 0.3 is 0 Å². The quantitative estimate of drug-likeness (QED) is 0.769. The summed E-state index contributed by atoms with van der Waals surface area (Å²) in [7, 11) is 0. The van der Waals surface area contributed by atoms with Crippen LogP contribution in [0.25, 0.3) is 5.70 Å². The molecule has 0 saturated heterocycles. The molecule has 1 aromatic carbocycles. The number of hydrogen-bond donors (Lipinski definition) is 2. The molecule has 1 atom stereocenters. The van der Waals surface area contributed by atoms with Crippen molar-refractivity contribution in [2.75, 3.05) is 0 Å². The smallest absolute Gasteiger partial charge is 0.268 e. The van der Waals surface area contributed by atoms with Crippen LogP contribution in [0.4, 0.5) is 0 Å². The first-order valence-electron chi connectivity index (χ1n) is 5.88. The molecule has 1 aromatic rings. The van der Waals surface area contributed by atoms with Gasteiger partial charge in [-0.05, 0) is 17.7 Å². The van der Waals surface area contributed by atoms with E-state index in [1.807, 2.05) is 23.2 Å². The second-order valence-corrected chi connectivity index (χ2v) is 5.52. The molecular weight excluding hydrogens is 285 g/mol. The van der Waals surface area contributed by atoms with E-state index in [4.69, 9.17) is 23.2 Å². The minimum Gasteiger partial charge on any atom is -0.362 e. The van der Waals surface area contributed by atoms with Gasteiger partial charge in [0.25, 0.3) is 5.91 Å². The van der Waals surface area contributed by atoms with Crippen molar-refractivity contribution in [3.05, 3.63) is 51.4 Å². The van der Waals surface area contributed by atoms with Crippen molar-refractivity contribution in [2.24, 2.45) is 0 Å². The Morgan fingerprint density at radius 3 is 2.89 bits per heavy atom. The van der Waals surface area contributed by atoms with E-state index >= 15 is 0 Å². The number of nitrogens with one attached hydrogen (secondary N) is 2. The summed E-state index contributed by atoms with van der Waals surface area (Å²) >= 11 is 12.1. The van der Waals surface area contributed by atoms with Gasteiger partial charge in [-0.3, -0.25) is 4.79 Å². The summed E-state index contributed by atoms with van der Waals surface area (Å²) in [6, 6.07) is 3.68. The van der Waals surface area contributed by atoms with E-state index in [1.165, 1.54) is 0 Å². The number of carbonyl (C=O) groups is 1. The van der Waals surface area contributed by atoms with Gasteiger partial charge in [0.15, 0.2) is 6.17 Å². The van der Waals surface area contributed by atoms with Gasteiger partial charge < -0.3 is 15.5 Å². The zero-order valence-electron chi connectivity index (χ0n) is 9.71. The van der Waals surface area contributed by atoms with E-state index < -0.39 is 0 Å². The second-order valence-electron chi connectivity index (χ2n) is 4.70. The maximum absolute atomic E-state index is 12.0. The lowest BCUT2D eigenvalue weighted by Gasteiger charge is -2.31. The molecule has 96 valence electrons. The Hall–Kier alpha value is -1.65. The molecule has 0 bridgehead atoms. The molecule has 0 aromatic heterocycles. The third kappa shape index (κ3) is 1.44. The van der Waals surface area contributed by atoms with Crippen LogP contribution >= 0.6 is 23.2 Å². The fourth-order valence-corrected chi connectivity index (χ4v) is 3.12. The van der Waals surface area contributed by atoms with Crippen LogP contribution in [0.2, 0.25) is 10.0 Å². The Kier molecular flexibility index (Phi) is 2.17. The first kappa shape index (κ1) is 11.2. The van der Waals surface area contributed by atoms with Crippen molar-refractivity contribution in [2.45, 2.75) is 12.6 Å². The number of hydrogen-bond acceptors (Lipinski definition) is 3. The summed E-state index contributed by atoms with van der Waals surface area (Å²) in [5.74, 6) is -0.0670. The van der Waals surface area contributed by atoms with Crippen LogP contribution < -0.4 is 10.6 Å². The Bertz CT molecular complexity index is 681. The van der Waals surface area contributed by atoms with Gasteiger partial charge in [0, 0.05) is 30.1 Å². The molecule has 0 fully saturated rings. The summed E-state index contributed by atoms with van der Waals surface area (Å²) in [4.78, 5) is 14.0. The molecular formula is C13H9Cl2N3O. The van der Waals surface area contributed by atoms with Gasteiger partial charge in [0.2, 0.25) is 0 Å². The predicted octanol–water partition coefficient (Wildman–Crippen LogP) is 2.05. The van der Waals surface area contributed by atoms with Gasteiger partial charge in [-0.2, -0.15) is 0 Å². The summed E-state index contributed by atoms with van der Waals surface area (Å²) in [5.41, 5.74) is 3.94. The fourth-order valence-electron chi connectivity index (χ4n) is 2.77. The molecule has 0 radical (unpaired) electrons. The highest BCUT2D eigenvalue weighted by Gasteiger charge is 2.39. The number of halogens is 2. The summed E-state index contributed by atoms with van der Waals surface area (Å²) in [6.45, 7) is 0. The molecule has 6 heteroatoms. The second kappa shape index (κ2) is 3.68. The van der Waals surface area contributed by atoms with Gasteiger partial charge in [-0.15, -0.1) is 0 Å². The number of fused-ring (bicyclic) bond motifs is 4. The number of rotatable bonds is 0. The van der Waals surface area contributed by atoms with Crippen LogP contribution in [0, 0.1) is 0 Å². The molecule has 2 heterocycles. The highest BCUT2D eigenvalue weighted by molar-refractivity contribution is 6.42. The van der Waals surface area contributed by atoms with E-state index in [1.54, 1.807) is 6.20 Å². The highest BCUT2D eigenvalue weighted by Crippen LogP contribution is 2.40. The van der Waals surface area contributed by atoms with Crippen molar-refractivity contribution in [1.82, 2.24) is 15.5 Å². The lowest BCUT2D eigenvalue weighted by molar-refractivity contribution is -0.124. The van der Waals surface area contributed by atoms with E-state index in [0.717, 1.165) is 28.9 Å². The highest BCUT2D eigenvalue weighted by atomic mass is 35.5. The average Bonchev–Trinajstić information content (AvgIpc) is 2.96. The predicted molar refractivity (Wildman–Crippen MR) is 73.1 cm³/mol. The molecule has 0 spiro atoms. The zero-order valence-corrected chi connectivity index (χ0v) is 11.2. The molecule has 4 nitrogen and oxygen atoms in total. The third-order valence-electron chi connectivity index (χ3n) is 3.64. The molecule has 1 unspecified atom stereocenters. The lowest BCUT2D eigenvalue weighted by atomic mass is 10.1. The number of nitrogens with zero attached hydrogens (tertiary/aromatic N) is 1. The van der Waals surface area contributed by atoms with Gasteiger partial charge in [0.1, 0.15) is 0 Å². The minimum atomic E-state index is -0.348. The summed E-state index contributed by atoms with van der Waals surface area (Å²) in [5, 5.41) is 7.01. The maximum Gasteiger partial charge on any atom is 0.268 e. The van der Waals surface area contributed by atoms with Crippen molar-refractivity contribution in [3.8, 4) is 0 Å². The first-order chi connectivity index (χ1) is 9.15. The first-order valence-corrected chi connectivity index (χ1v) is 6.64. The Morgan fingerprint density at radius 1 is 1.26 bits per heavy atom. The van der Waals surface area contributed by atoms with Gasteiger partial charge in [-0.25, -0.2) is 0 Å². The Balaban J connectivity index is 1.87. The van der Waals surface area contributed by atoms with Gasteiger partial charge in [0.05, 0.1) is 15.7 Å². The average molecular weight is 294 g/mol. The van der Waals surface area contributed by atoms with Crippen LogP contribution in [0.1, 0.15) is 11.1 Å². The summed E-state index contributed by atoms with van der Waals surface area (Å²) in [6.07, 6.45) is 4.06. The molecule has 3 aliphatic rings. The van der Waals surface area contributed by atoms with Crippen molar-refractivity contribution in [3.63, 3.8) is 0 Å². The van der Waals surface area contributed by atoms with Crippen LogP contribution in [0.15, 0.2) is 30.2 Å². The SMILES string of the molecule is O=C1NC2=C(Cc3cc(Cl)c(Cl)cc32)N2C=CNC12.